The van der Waals surface area contributed by atoms with Crippen LogP contribution in [-0.4, -0.2) is 23.0 Å². The number of rotatable bonds is 1. The number of pyridine rings is 1. The largest absolute Gasteiger partial charge is 0.296 e. The molecule has 0 N–H and O–H groups in total. The van der Waals surface area contributed by atoms with E-state index in [1.54, 1.807) is 0 Å². The molecule has 0 aromatic carbocycles. The Morgan fingerprint density at radius 1 is 1.27 bits per heavy atom. The number of hydrogen-bond donors (Lipinski definition) is 0. The SMILES string of the molecule is Clc1cc(C2C3CCN2CC3)cnc1Cl. The van der Waals surface area contributed by atoms with Gasteiger partial charge >= 0.3 is 0 Å². The van der Waals surface area contributed by atoms with Gasteiger partial charge in [0, 0.05) is 12.2 Å². The van der Waals surface area contributed by atoms with Crippen molar-refractivity contribution in [1.82, 2.24) is 9.88 Å². The summed E-state index contributed by atoms with van der Waals surface area (Å²) in [5.74, 6) is 0.795. The lowest BCUT2D eigenvalue weighted by Crippen LogP contribution is -2.19. The van der Waals surface area contributed by atoms with Gasteiger partial charge in [0.15, 0.2) is 0 Å². The summed E-state index contributed by atoms with van der Waals surface area (Å²) in [4.78, 5) is 6.65. The lowest BCUT2D eigenvalue weighted by atomic mass is 9.95. The Morgan fingerprint density at radius 3 is 2.53 bits per heavy atom. The Bertz CT molecular complexity index is 374. The molecule has 1 aromatic heterocycles. The summed E-state index contributed by atoms with van der Waals surface area (Å²) in [6, 6.07) is 2.50. The summed E-state index contributed by atoms with van der Waals surface area (Å²) in [7, 11) is 0. The average molecular weight is 243 g/mol. The van der Waals surface area contributed by atoms with Gasteiger partial charge in [-0.3, -0.25) is 4.90 Å². The smallest absolute Gasteiger partial charge is 0.147 e. The van der Waals surface area contributed by atoms with Crippen molar-refractivity contribution in [3.05, 3.63) is 28.0 Å². The van der Waals surface area contributed by atoms with Crippen molar-refractivity contribution in [2.75, 3.05) is 13.1 Å². The molecule has 2 nitrogen and oxygen atoms in total. The van der Waals surface area contributed by atoms with Gasteiger partial charge in [-0.15, -0.1) is 0 Å². The third-order valence-electron chi connectivity index (χ3n) is 3.57. The predicted octanol–water partition coefficient (Wildman–Crippen LogP) is 3.16. The minimum absolute atomic E-state index is 0.403. The minimum atomic E-state index is 0.403. The van der Waals surface area contributed by atoms with Gasteiger partial charge < -0.3 is 0 Å². The molecule has 3 heterocycles. The standard InChI is InChI=1S/C11H12Cl2N2/c12-9-5-8(6-14-11(9)13)10-7-1-3-15(10)4-2-7/h5-7,10H,1-4H2. The van der Waals surface area contributed by atoms with Crippen LogP contribution in [0.3, 0.4) is 0 Å². The summed E-state index contributed by atoms with van der Waals surface area (Å²) in [5.41, 5.74) is 1.23. The molecule has 1 unspecified atom stereocenters. The van der Waals surface area contributed by atoms with Crippen LogP contribution in [0.25, 0.3) is 0 Å². The lowest BCUT2D eigenvalue weighted by molar-refractivity contribution is 0.304. The summed E-state index contributed by atoms with van der Waals surface area (Å²) in [6.07, 6.45) is 4.49. The second kappa shape index (κ2) is 3.62. The van der Waals surface area contributed by atoms with Gasteiger partial charge in [-0.25, -0.2) is 4.98 Å². The van der Waals surface area contributed by atoms with E-state index >= 15 is 0 Å². The van der Waals surface area contributed by atoms with Crippen molar-refractivity contribution in [2.45, 2.75) is 18.9 Å². The molecule has 1 atom stereocenters. The van der Waals surface area contributed by atoms with E-state index in [1.165, 1.54) is 31.5 Å². The van der Waals surface area contributed by atoms with Gasteiger partial charge in [0.1, 0.15) is 5.15 Å². The molecule has 0 amide bonds. The first-order valence-corrected chi connectivity index (χ1v) is 6.06. The third-order valence-corrected chi connectivity index (χ3v) is 4.26. The topological polar surface area (TPSA) is 16.1 Å². The van der Waals surface area contributed by atoms with E-state index in [4.69, 9.17) is 23.2 Å². The maximum Gasteiger partial charge on any atom is 0.147 e. The minimum Gasteiger partial charge on any atom is -0.296 e. The van der Waals surface area contributed by atoms with E-state index in [9.17, 15) is 0 Å². The molecule has 2 aliphatic heterocycles. The maximum atomic E-state index is 6.00. The van der Waals surface area contributed by atoms with Crippen molar-refractivity contribution in [3.8, 4) is 0 Å². The normalized spacial score (nSPS) is 33.6. The molecular formula is C11H12Cl2N2. The van der Waals surface area contributed by atoms with E-state index in [2.05, 4.69) is 9.88 Å². The van der Waals surface area contributed by atoms with Crippen LogP contribution in [0, 0.1) is 5.92 Å². The Hall–Kier alpha value is -0.310. The molecule has 4 heteroatoms. The second-order valence-electron chi connectivity index (χ2n) is 4.36. The Kier molecular flexibility index (Phi) is 2.38. The molecule has 15 heavy (non-hydrogen) atoms. The molecule has 0 radical (unpaired) electrons. The molecule has 1 aromatic rings. The van der Waals surface area contributed by atoms with Gasteiger partial charge in [0.05, 0.1) is 5.02 Å². The summed E-state index contributed by atoms with van der Waals surface area (Å²) >= 11 is 11.8. The van der Waals surface area contributed by atoms with Crippen molar-refractivity contribution in [1.29, 1.82) is 0 Å². The van der Waals surface area contributed by atoms with Crippen LogP contribution in [0.5, 0.6) is 0 Å². The first-order valence-electron chi connectivity index (χ1n) is 5.30. The van der Waals surface area contributed by atoms with E-state index < -0.39 is 0 Å². The van der Waals surface area contributed by atoms with Crippen molar-refractivity contribution in [2.24, 2.45) is 5.92 Å². The number of fused-ring (bicyclic) bond motifs is 2. The molecule has 80 valence electrons. The predicted molar refractivity (Wildman–Crippen MR) is 61.3 cm³/mol. The summed E-state index contributed by atoms with van der Waals surface area (Å²) in [5, 5.41) is 0.974. The first kappa shape index (κ1) is 9.88. The highest BCUT2D eigenvalue weighted by molar-refractivity contribution is 6.41. The molecule has 0 aliphatic carbocycles. The van der Waals surface area contributed by atoms with Crippen LogP contribution in [0.15, 0.2) is 12.3 Å². The zero-order chi connectivity index (χ0) is 10.4. The highest BCUT2D eigenvalue weighted by atomic mass is 35.5. The van der Waals surface area contributed by atoms with Crippen molar-refractivity contribution in [3.63, 3.8) is 0 Å². The number of piperidine rings is 1. The number of nitrogens with zero attached hydrogens (tertiary/aromatic N) is 2. The van der Waals surface area contributed by atoms with Crippen LogP contribution in [0.1, 0.15) is 24.4 Å². The van der Waals surface area contributed by atoms with Crippen LogP contribution < -0.4 is 0 Å². The number of halogens is 2. The fourth-order valence-corrected chi connectivity index (χ4v) is 3.17. The Morgan fingerprint density at radius 2 is 2.00 bits per heavy atom. The average Bonchev–Trinajstić information content (AvgIpc) is 2.81. The number of hydrogen-bond acceptors (Lipinski definition) is 2. The van der Waals surface area contributed by atoms with Crippen LogP contribution >= 0.6 is 23.2 Å². The molecule has 0 spiro atoms. The zero-order valence-electron chi connectivity index (χ0n) is 8.29. The van der Waals surface area contributed by atoms with E-state index in [1.807, 2.05) is 12.3 Å². The van der Waals surface area contributed by atoms with Gasteiger partial charge in [0.2, 0.25) is 0 Å². The molecule has 2 aliphatic rings. The highest BCUT2D eigenvalue weighted by Gasteiger charge is 2.40. The lowest BCUT2D eigenvalue weighted by Gasteiger charge is -2.19. The fourth-order valence-electron chi connectivity index (χ4n) is 2.89. The quantitative estimate of drug-likeness (QED) is 0.704. The zero-order valence-corrected chi connectivity index (χ0v) is 9.80. The Balaban J connectivity index is 1.96. The van der Waals surface area contributed by atoms with Gasteiger partial charge in [0.25, 0.3) is 0 Å². The highest BCUT2D eigenvalue weighted by Crippen LogP contribution is 2.45. The van der Waals surface area contributed by atoms with Crippen LogP contribution in [0.4, 0.5) is 0 Å². The molecule has 2 bridgehead atoms. The van der Waals surface area contributed by atoms with Gasteiger partial charge in [-0.1, -0.05) is 23.2 Å². The number of aromatic nitrogens is 1. The summed E-state index contributed by atoms with van der Waals surface area (Å²) < 4.78 is 0. The maximum absolute atomic E-state index is 6.00. The van der Waals surface area contributed by atoms with Gasteiger partial charge in [-0.05, 0) is 43.5 Å². The second-order valence-corrected chi connectivity index (χ2v) is 5.12. The van der Waals surface area contributed by atoms with Gasteiger partial charge in [-0.2, -0.15) is 0 Å². The molecule has 0 saturated carbocycles. The first-order chi connectivity index (χ1) is 7.25. The molecular weight excluding hydrogens is 231 g/mol. The van der Waals surface area contributed by atoms with Crippen molar-refractivity contribution < 1.29 is 0 Å². The van der Waals surface area contributed by atoms with Crippen molar-refractivity contribution >= 4 is 23.2 Å². The third kappa shape index (κ3) is 1.55. The van der Waals surface area contributed by atoms with Crippen LogP contribution in [-0.2, 0) is 0 Å². The molecule has 2 saturated heterocycles. The summed E-state index contributed by atoms with van der Waals surface area (Å²) in [6.45, 7) is 2.44. The molecule has 3 rings (SSSR count). The fraction of sp³-hybridized carbons (Fsp3) is 0.545. The van der Waals surface area contributed by atoms with E-state index in [-0.39, 0.29) is 0 Å². The van der Waals surface area contributed by atoms with E-state index in [0.717, 1.165) is 5.92 Å². The monoisotopic (exact) mass is 242 g/mol. The van der Waals surface area contributed by atoms with Crippen LogP contribution in [0.2, 0.25) is 10.2 Å². The Labute approximate surface area is 99.2 Å². The molecule has 2 fully saturated rings. The van der Waals surface area contributed by atoms with E-state index in [0.29, 0.717) is 16.2 Å².